The second-order valence-electron chi connectivity index (χ2n) is 2.73. The van der Waals surface area contributed by atoms with Crippen LogP contribution in [0.15, 0.2) is 12.4 Å². The second-order valence-corrected chi connectivity index (χ2v) is 2.73. The van der Waals surface area contributed by atoms with E-state index in [0.29, 0.717) is 6.04 Å². The maximum atomic E-state index is 4.21. The van der Waals surface area contributed by atoms with Gasteiger partial charge in [0, 0.05) is 25.0 Å². The van der Waals surface area contributed by atoms with Crippen molar-refractivity contribution in [1.29, 1.82) is 0 Å². The van der Waals surface area contributed by atoms with Crippen molar-refractivity contribution >= 4 is 0 Å². The van der Waals surface area contributed by atoms with Crippen molar-refractivity contribution in [2.24, 2.45) is 0 Å². The molecule has 1 N–H and O–H groups in total. The number of fused-ring (bicyclic) bond motifs is 1. The first-order valence-corrected chi connectivity index (χ1v) is 3.60. The van der Waals surface area contributed by atoms with E-state index >= 15 is 0 Å². The highest BCUT2D eigenvalue weighted by Crippen LogP contribution is 2.11. The van der Waals surface area contributed by atoms with Gasteiger partial charge < -0.3 is 9.88 Å². The van der Waals surface area contributed by atoms with Crippen molar-refractivity contribution in [2.45, 2.75) is 19.5 Å². The normalized spacial score (nSPS) is 24.3. The lowest BCUT2D eigenvalue weighted by atomic mass is 10.3. The Morgan fingerprint density at radius 3 is 3.50 bits per heavy atom. The van der Waals surface area contributed by atoms with E-state index in [1.165, 1.54) is 0 Å². The fourth-order valence-corrected chi connectivity index (χ4v) is 1.37. The van der Waals surface area contributed by atoms with Crippen LogP contribution in [0, 0.1) is 0 Å². The standard InChI is InChI=1S/C7H11N3/c1-6-4-8-5-7-9-2-3-10(6)7/h2-3,6,8H,4-5H2,1H3. The summed E-state index contributed by atoms with van der Waals surface area (Å²) in [5, 5.41) is 3.29. The Kier molecular flexibility index (Phi) is 1.24. The van der Waals surface area contributed by atoms with Gasteiger partial charge in [0.15, 0.2) is 0 Å². The van der Waals surface area contributed by atoms with Crippen LogP contribution in [0.1, 0.15) is 18.8 Å². The average Bonchev–Trinajstić information content (AvgIpc) is 2.36. The summed E-state index contributed by atoms with van der Waals surface area (Å²) in [6.07, 6.45) is 3.90. The number of nitrogens with zero attached hydrogens (tertiary/aromatic N) is 2. The minimum Gasteiger partial charge on any atom is -0.330 e. The van der Waals surface area contributed by atoms with E-state index in [0.717, 1.165) is 18.9 Å². The van der Waals surface area contributed by atoms with Gasteiger partial charge in [-0.3, -0.25) is 0 Å². The average molecular weight is 137 g/mol. The molecule has 1 aliphatic rings. The number of hydrogen-bond donors (Lipinski definition) is 1. The molecule has 0 saturated carbocycles. The molecule has 1 atom stereocenters. The first-order chi connectivity index (χ1) is 4.88. The molecular formula is C7H11N3. The Labute approximate surface area is 60.1 Å². The molecule has 0 bridgehead atoms. The molecule has 1 aromatic heterocycles. The van der Waals surface area contributed by atoms with Crippen LogP contribution in [-0.4, -0.2) is 16.1 Å². The number of aromatic nitrogens is 2. The Hall–Kier alpha value is -0.830. The number of imidazole rings is 1. The molecule has 3 nitrogen and oxygen atoms in total. The molecule has 1 unspecified atom stereocenters. The molecule has 10 heavy (non-hydrogen) atoms. The van der Waals surface area contributed by atoms with Crippen LogP contribution in [0.5, 0.6) is 0 Å². The third kappa shape index (κ3) is 0.743. The third-order valence-corrected chi connectivity index (χ3v) is 1.95. The van der Waals surface area contributed by atoms with Gasteiger partial charge in [0.1, 0.15) is 5.82 Å². The summed E-state index contributed by atoms with van der Waals surface area (Å²) in [5.41, 5.74) is 0. The first-order valence-electron chi connectivity index (χ1n) is 3.60. The summed E-state index contributed by atoms with van der Waals surface area (Å²) in [4.78, 5) is 4.21. The SMILES string of the molecule is CC1CNCc2nccn21. The van der Waals surface area contributed by atoms with E-state index in [1.807, 2.05) is 12.4 Å². The van der Waals surface area contributed by atoms with Crippen LogP contribution in [-0.2, 0) is 6.54 Å². The lowest BCUT2D eigenvalue weighted by Gasteiger charge is -2.22. The summed E-state index contributed by atoms with van der Waals surface area (Å²) < 4.78 is 2.22. The van der Waals surface area contributed by atoms with Gasteiger partial charge in [-0.1, -0.05) is 0 Å². The largest absolute Gasteiger partial charge is 0.330 e. The van der Waals surface area contributed by atoms with Crippen LogP contribution >= 0.6 is 0 Å². The fourth-order valence-electron chi connectivity index (χ4n) is 1.37. The minimum absolute atomic E-state index is 0.561. The molecule has 54 valence electrons. The summed E-state index contributed by atoms with van der Waals surface area (Å²) in [6, 6.07) is 0.561. The summed E-state index contributed by atoms with van der Waals surface area (Å²) in [6.45, 7) is 4.16. The third-order valence-electron chi connectivity index (χ3n) is 1.95. The Balaban J connectivity index is 2.41. The summed E-state index contributed by atoms with van der Waals surface area (Å²) >= 11 is 0. The Bertz CT molecular complexity index is 229. The van der Waals surface area contributed by atoms with Crippen molar-refractivity contribution in [3.05, 3.63) is 18.2 Å². The molecule has 1 aromatic rings. The maximum absolute atomic E-state index is 4.21. The van der Waals surface area contributed by atoms with E-state index in [9.17, 15) is 0 Å². The fraction of sp³-hybridized carbons (Fsp3) is 0.571. The van der Waals surface area contributed by atoms with E-state index in [1.54, 1.807) is 0 Å². The molecule has 0 aromatic carbocycles. The van der Waals surface area contributed by atoms with Gasteiger partial charge in [-0.2, -0.15) is 0 Å². The van der Waals surface area contributed by atoms with Crippen LogP contribution < -0.4 is 5.32 Å². The number of rotatable bonds is 0. The Morgan fingerprint density at radius 2 is 2.70 bits per heavy atom. The van der Waals surface area contributed by atoms with Gasteiger partial charge in [0.25, 0.3) is 0 Å². The van der Waals surface area contributed by atoms with Crippen LogP contribution in [0.25, 0.3) is 0 Å². The van der Waals surface area contributed by atoms with Gasteiger partial charge in [-0.25, -0.2) is 4.98 Å². The van der Waals surface area contributed by atoms with Gasteiger partial charge in [-0.15, -0.1) is 0 Å². The van der Waals surface area contributed by atoms with Gasteiger partial charge in [-0.05, 0) is 6.92 Å². The Morgan fingerprint density at radius 1 is 1.80 bits per heavy atom. The molecule has 0 radical (unpaired) electrons. The molecule has 3 heteroatoms. The molecule has 0 aliphatic carbocycles. The molecule has 2 heterocycles. The van der Waals surface area contributed by atoms with Gasteiger partial charge >= 0.3 is 0 Å². The predicted molar refractivity (Wildman–Crippen MR) is 38.6 cm³/mol. The highest BCUT2D eigenvalue weighted by atomic mass is 15.2. The lowest BCUT2D eigenvalue weighted by Crippen LogP contribution is -2.31. The molecular weight excluding hydrogens is 126 g/mol. The summed E-state index contributed by atoms with van der Waals surface area (Å²) in [5.74, 6) is 1.15. The first kappa shape index (κ1) is 5.92. The molecule has 0 saturated heterocycles. The topological polar surface area (TPSA) is 29.9 Å². The zero-order valence-corrected chi connectivity index (χ0v) is 6.04. The van der Waals surface area contributed by atoms with Crippen LogP contribution in [0.2, 0.25) is 0 Å². The zero-order valence-electron chi connectivity index (χ0n) is 6.04. The smallest absolute Gasteiger partial charge is 0.122 e. The van der Waals surface area contributed by atoms with E-state index < -0.39 is 0 Å². The van der Waals surface area contributed by atoms with Crippen molar-refractivity contribution in [1.82, 2.24) is 14.9 Å². The maximum Gasteiger partial charge on any atom is 0.122 e. The summed E-state index contributed by atoms with van der Waals surface area (Å²) in [7, 11) is 0. The van der Waals surface area contributed by atoms with E-state index in [2.05, 4.69) is 21.8 Å². The molecule has 0 amide bonds. The highest BCUT2D eigenvalue weighted by Gasteiger charge is 2.13. The molecule has 0 fully saturated rings. The van der Waals surface area contributed by atoms with Crippen LogP contribution in [0.4, 0.5) is 0 Å². The molecule has 1 aliphatic heterocycles. The van der Waals surface area contributed by atoms with Crippen LogP contribution in [0.3, 0.4) is 0 Å². The second kappa shape index (κ2) is 2.09. The van der Waals surface area contributed by atoms with E-state index in [-0.39, 0.29) is 0 Å². The zero-order chi connectivity index (χ0) is 6.97. The number of nitrogens with one attached hydrogen (secondary N) is 1. The van der Waals surface area contributed by atoms with Gasteiger partial charge in [0.05, 0.1) is 6.54 Å². The van der Waals surface area contributed by atoms with Crippen molar-refractivity contribution in [3.8, 4) is 0 Å². The molecule has 2 rings (SSSR count). The monoisotopic (exact) mass is 137 g/mol. The van der Waals surface area contributed by atoms with Crippen molar-refractivity contribution in [2.75, 3.05) is 6.54 Å². The number of hydrogen-bond acceptors (Lipinski definition) is 2. The molecule has 0 spiro atoms. The van der Waals surface area contributed by atoms with Crippen molar-refractivity contribution < 1.29 is 0 Å². The highest BCUT2D eigenvalue weighted by molar-refractivity contribution is 4.97. The van der Waals surface area contributed by atoms with Gasteiger partial charge in [0.2, 0.25) is 0 Å². The quantitative estimate of drug-likeness (QED) is 0.566. The van der Waals surface area contributed by atoms with E-state index in [4.69, 9.17) is 0 Å². The predicted octanol–water partition coefficient (Wildman–Crippen LogP) is 0.547. The van der Waals surface area contributed by atoms with Crippen molar-refractivity contribution in [3.63, 3.8) is 0 Å². The minimum atomic E-state index is 0.561. The lowest BCUT2D eigenvalue weighted by molar-refractivity contribution is 0.421.